The van der Waals surface area contributed by atoms with Crippen LogP contribution in [-0.2, 0) is 0 Å². The highest BCUT2D eigenvalue weighted by Gasteiger charge is 2.20. The number of fused-ring (bicyclic) bond motifs is 9. The number of hydrogen-bond donors (Lipinski definition) is 0. The van der Waals surface area contributed by atoms with Gasteiger partial charge >= 0.3 is 0 Å². The monoisotopic (exact) mass is 651 g/mol. The zero-order valence-corrected chi connectivity index (χ0v) is 28.2. The number of nitrogens with zero attached hydrogens (tertiary/aromatic N) is 1. The van der Waals surface area contributed by atoms with E-state index in [1.54, 1.807) is 0 Å². The summed E-state index contributed by atoms with van der Waals surface area (Å²) in [6.45, 7) is 2.23. The van der Waals surface area contributed by atoms with E-state index in [0.717, 1.165) is 56.5 Å². The zero-order chi connectivity index (χ0) is 33.9. The van der Waals surface area contributed by atoms with E-state index < -0.39 is 0 Å². The molecule has 0 radical (unpaired) electrons. The molecule has 1 aliphatic rings. The Morgan fingerprint density at radius 1 is 0.451 bits per heavy atom. The summed E-state index contributed by atoms with van der Waals surface area (Å²) in [4.78, 5) is 5.56. The molecule has 8 aromatic carbocycles. The first-order valence-corrected chi connectivity index (χ1v) is 17.6. The summed E-state index contributed by atoms with van der Waals surface area (Å²) in [5.41, 5.74) is 12.2. The Kier molecular flexibility index (Phi) is 6.82. The minimum absolute atomic E-state index is 0.824. The SMILES string of the molecule is CC1=C(c2ccccc2)N=C(c2cccc3c4ccccc4c4ccc(-c5ccc6oc7ccccc7c6c5)cc4c23)C=C(c2ccccc2)C1. The Hall–Kier alpha value is -6.51. The van der Waals surface area contributed by atoms with E-state index in [4.69, 9.17) is 9.41 Å². The van der Waals surface area contributed by atoms with E-state index >= 15 is 0 Å². The normalized spacial score (nSPS) is 13.7. The molecular weight excluding hydrogens is 619 g/mol. The molecule has 0 saturated heterocycles. The van der Waals surface area contributed by atoms with Crippen molar-refractivity contribution < 1.29 is 4.42 Å². The molecule has 51 heavy (non-hydrogen) atoms. The summed E-state index contributed by atoms with van der Waals surface area (Å²) in [6, 6.07) is 58.7. The van der Waals surface area contributed by atoms with Gasteiger partial charge < -0.3 is 4.42 Å². The molecule has 2 nitrogen and oxygen atoms in total. The molecule has 9 aromatic rings. The molecule has 0 fully saturated rings. The molecular formula is C49H33NO. The molecule has 2 heteroatoms. The van der Waals surface area contributed by atoms with Crippen molar-refractivity contribution in [2.45, 2.75) is 13.3 Å². The van der Waals surface area contributed by atoms with E-state index in [1.807, 2.05) is 12.1 Å². The van der Waals surface area contributed by atoms with E-state index in [0.29, 0.717) is 0 Å². The largest absolute Gasteiger partial charge is 0.456 e. The molecule has 0 bridgehead atoms. The highest BCUT2D eigenvalue weighted by atomic mass is 16.3. The summed E-state index contributed by atoms with van der Waals surface area (Å²) < 4.78 is 6.18. The van der Waals surface area contributed by atoms with Crippen LogP contribution < -0.4 is 0 Å². The lowest BCUT2D eigenvalue weighted by atomic mass is 9.88. The van der Waals surface area contributed by atoms with Gasteiger partial charge in [0.05, 0.1) is 11.4 Å². The molecule has 10 rings (SSSR count). The lowest BCUT2D eigenvalue weighted by molar-refractivity contribution is 0.669. The van der Waals surface area contributed by atoms with Crippen LogP contribution in [0.25, 0.3) is 76.7 Å². The van der Waals surface area contributed by atoms with Gasteiger partial charge in [-0.2, -0.15) is 0 Å². The van der Waals surface area contributed by atoms with Crippen molar-refractivity contribution in [2.24, 2.45) is 4.99 Å². The van der Waals surface area contributed by atoms with E-state index in [-0.39, 0.29) is 0 Å². The highest BCUT2D eigenvalue weighted by molar-refractivity contribution is 6.32. The number of rotatable bonds is 4. The third kappa shape index (κ3) is 4.91. The van der Waals surface area contributed by atoms with Gasteiger partial charge in [-0.15, -0.1) is 0 Å². The molecule has 1 aliphatic heterocycles. The minimum atomic E-state index is 0.824. The molecule has 1 aromatic heterocycles. The van der Waals surface area contributed by atoms with E-state index in [2.05, 4.69) is 165 Å². The fourth-order valence-corrected chi connectivity index (χ4v) is 8.02. The van der Waals surface area contributed by atoms with Gasteiger partial charge in [0.25, 0.3) is 0 Å². The maximum absolute atomic E-state index is 6.18. The quantitative estimate of drug-likeness (QED) is 0.174. The van der Waals surface area contributed by atoms with Crippen molar-refractivity contribution in [3.05, 3.63) is 192 Å². The lowest BCUT2D eigenvalue weighted by Crippen LogP contribution is -2.01. The lowest BCUT2D eigenvalue weighted by Gasteiger charge is -2.16. The first-order valence-electron chi connectivity index (χ1n) is 17.6. The predicted molar refractivity (Wildman–Crippen MR) is 216 cm³/mol. The number of para-hydroxylation sites is 1. The Labute approximate surface area is 296 Å². The van der Waals surface area contributed by atoms with Crippen LogP contribution in [0, 0.1) is 0 Å². The van der Waals surface area contributed by atoms with Gasteiger partial charge in [0.15, 0.2) is 0 Å². The minimum Gasteiger partial charge on any atom is -0.456 e. The maximum Gasteiger partial charge on any atom is 0.135 e. The third-order valence-corrected chi connectivity index (χ3v) is 10.4. The molecule has 0 atom stereocenters. The van der Waals surface area contributed by atoms with Crippen molar-refractivity contribution in [3.8, 4) is 11.1 Å². The summed E-state index contributed by atoms with van der Waals surface area (Å²) in [6.07, 6.45) is 3.15. The summed E-state index contributed by atoms with van der Waals surface area (Å²) >= 11 is 0. The van der Waals surface area contributed by atoms with Crippen LogP contribution in [-0.4, -0.2) is 5.71 Å². The van der Waals surface area contributed by atoms with E-state index in [1.165, 1.54) is 54.6 Å². The topological polar surface area (TPSA) is 25.5 Å². The summed E-state index contributed by atoms with van der Waals surface area (Å²) in [5, 5.41) is 9.68. The van der Waals surface area contributed by atoms with Gasteiger partial charge in [-0.1, -0.05) is 140 Å². The zero-order valence-electron chi connectivity index (χ0n) is 28.2. The molecule has 0 aliphatic carbocycles. The molecule has 0 N–H and O–H groups in total. The van der Waals surface area contributed by atoms with Gasteiger partial charge in [-0.25, -0.2) is 4.99 Å². The Morgan fingerprint density at radius 2 is 1.04 bits per heavy atom. The molecule has 2 heterocycles. The number of hydrogen-bond acceptors (Lipinski definition) is 2. The van der Waals surface area contributed by atoms with Crippen LogP contribution in [0.1, 0.15) is 30.0 Å². The van der Waals surface area contributed by atoms with E-state index in [9.17, 15) is 0 Å². The fraction of sp³-hybridized carbons (Fsp3) is 0.0408. The van der Waals surface area contributed by atoms with Crippen LogP contribution in [0.4, 0.5) is 0 Å². The molecule has 0 unspecified atom stereocenters. The second-order valence-electron chi connectivity index (χ2n) is 13.5. The standard InChI is InChI=1S/C49H33NO/c1-31-27-36(32-13-4-2-5-14-32)30-45(50-49(31)33-15-6-3-7-16-33)42-21-12-20-41-38-18-9-8-17-37(38)39-25-23-34(29-44(39)48(41)42)35-24-26-47-43(28-35)40-19-10-11-22-46(40)51-47/h2-26,28-30H,27H2,1H3. The van der Waals surface area contributed by atoms with Crippen molar-refractivity contribution in [2.75, 3.05) is 0 Å². The smallest absolute Gasteiger partial charge is 0.135 e. The molecule has 240 valence electrons. The van der Waals surface area contributed by atoms with Crippen LogP contribution in [0.5, 0.6) is 0 Å². The highest BCUT2D eigenvalue weighted by Crippen LogP contribution is 2.41. The van der Waals surface area contributed by atoms with Gasteiger partial charge in [0.1, 0.15) is 11.2 Å². The van der Waals surface area contributed by atoms with Crippen molar-refractivity contribution >= 4 is 71.2 Å². The molecule has 0 saturated carbocycles. The van der Waals surface area contributed by atoms with Gasteiger partial charge in [0.2, 0.25) is 0 Å². The first kappa shape index (κ1) is 29.4. The number of aliphatic imine (C=N–C) groups is 1. The van der Waals surface area contributed by atoms with Crippen molar-refractivity contribution in [1.29, 1.82) is 0 Å². The van der Waals surface area contributed by atoms with Crippen LogP contribution >= 0.6 is 0 Å². The van der Waals surface area contributed by atoms with Gasteiger partial charge in [-0.3, -0.25) is 0 Å². The average molecular weight is 652 g/mol. The second-order valence-corrected chi connectivity index (χ2v) is 13.5. The molecule has 0 spiro atoms. The summed E-state index contributed by atoms with van der Waals surface area (Å²) in [5.74, 6) is 0. The summed E-state index contributed by atoms with van der Waals surface area (Å²) in [7, 11) is 0. The first-order chi connectivity index (χ1) is 25.2. The third-order valence-electron chi connectivity index (χ3n) is 10.4. The van der Waals surface area contributed by atoms with Gasteiger partial charge in [0, 0.05) is 21.9 Å². The van der Waals surface area contributed by atoms with Crippen LogP contribution in [0.3, 0.4) is 0 Å². The Morgan fingerprint density at radius 3 is 1.82 bits per heavy atom. The van der Waals surface area contributed by atoms with Crippen molar-refractivity contribution in [1.82, 2.24) is 0 Å². The van der Waals surface area contributed by atoms with Gasteiger partial charge in [-0.05, 0) is 104 Å². The second kappa shape index (κ2) is 11.8. The fourth-order valence-electron chi connectivity index (χ4n) is 8.02. The van der Waals surface area contributed by atoms with Crippen molar-refractivity contribution in [3.63, 3.8) is 0 Å². The maximum atomic E-state index is 6.18. The Bertz CT molecular complexity index is 2920. The molecule has 0 amide bonds. The van der Waals surface area contributed by atoms with Crippen LogP contribution in [0.15, 0.2) is 185 Å². The average Bonchev–Trinajstić information content (AvgIpc) is 3.47. The number of allylic oxidation sites excluding steroid dienone is 3. The number of furan rings is 1. The number of benzene rings is 8. The predicted octanol–water partition coefficient (Wildman–Crippen LogP) is 13.4. The Balaban J connectivity index is 1.27. The van der Waals surface area contributed by atoms with Crippen LogP contribution in [0.2, 0.25) is 0 Å².